The van der Waals surface area contributed by atoms with Gasteiger partial charge < -0.3 is 20.3 Å². The van der Waals surface area contributed by atoms with E-state index in [1.165, 1.54) is 12.1 Å². The zero-order valence-corrected chi connectivity index (χ0v) is 20.9. The first kappa shape index (κ1) is 26.9. The molecule has 1 amide bonds. The van der Waals surface area contributed by atoms with E-state index in [-0.39, 0.29) is 17.7 Å². The first-order valence-electron chi connectivity index (χ1n) is 12.1. The highest BCUT2D eigenvalue weighted by molar-refractivity contribution is 5.79. The summed E-state index contributed by atoms with van der Waals surface area (Å²) in [5, 5.41) is 0. The van der Waals surface area contributed by atoms with Gasteiger partial charge in [0.1, 0.15) is 5.75 Å². The van der Waals surface area contributed by atoms with Gasteiger partial charge in [0.15, 0.2) is 0 Å². The molecule has 0 spiro atoms. The Morgan fingerprint density at radius 3 is 2.20 bits per heavy atom. The maximum absolute atomic E-state index is 13.4. The van der Waals surface area contributed by atoms with Gasteiger partial charge in [-0.2, -0.15) is 13.2 Å². The molecule has 2 atom stereocenters. The van der Waals surface area contributed by atoms with Gasteiger partial charge in [-0.05, 0) is 60.2 Å². The number of amides is 1. The molecule has 2 N–H and O–H groups in total. The molecule has 8 heteroatoms. The van der Waals surface area contributed by atoms with Crippen LogP contribution in [0.5, 0.6) is 5.75 Å². The van der Waals surface area contributed by atoms with Crippen LogP contribution in [0.4, 0.5) is 18.9 Å². The molecule has 1 heterocycles. The van der Waals surface area contributed by atoms with Crippen LogP contribution < -0.4 is 15.4 Å². The summed E-state index contributed by atoms with van der Waals surface area (Å²) in [7, 11) is 1.62. The van der Waals surface area contributed by atoms with Crippen LogP contribution >= 0.6 is 0 Å². The predicted molar refractivity (Wildman–Crippen MR) is 132 cm³/mol. The van der Waals surface area contributed by atoms with Gasteiger partial charge in [-0.3, -0.25) is 4.79 Å². The molecule has 5 nitrogen and oxygen atoms in total. The summed E-state index contributed by atoms with van der Waals surface area (Å²) < 4.78 is 45.3. The lowest BCUT2D eigenvalue weighted by molar-refractivity contribution is -0.137. The summed E-state index contributed by atoms with van der Waals surface area (Å²) in [6, 6.07) is 11.1. The number of hydrogen-bond donors (Lipinski definition) is 1. The Morgan fingerprint density at radius 2 is 1.66 bits per heavy atom. The summed E-state index contributed by atoms with van der Waals surface area (Å²) >= 11 is 0. The molecule has 2 aromatic rings. The maximum atomic E-state index is 13.4. The molecule has 0 aliphatic carbocycles. The molecule has 2 aromatic carbocycles. The zero-order chi connectivity index (χ0) is 25.8. The molecule has 1 saturated heterocycles. The topological polar surface area (TPSA) is 58.8 Å². The number of nitrogens with two attached hydrogens (primary N) is 1. The van der Waals surface area contributed by atoms with Crippen LogP contribution in [0.3, 0.4) is 0 Å². The van der Waals surface area contributed by atoms with E-state index >= 15 is 0 Å². The molecule has 0 radical (unpaired) electrons. The van der Waals surface area contributed by atoms with Crippen LogP contribution in [0.25, 0.3) is 0 Å². The molecule has 35 heavy (non-hydrogen) atoms. The highest BCUT2D eigenvalue weighted by atomic mass is 19.4. The Balaban J connectivity index is 1.68. The number of carbonyl (C=O) groups excluding carboxylic acids is 1. The summed E-state index contributed by atoms with van der Waals surface area (Å²) in [6.07, 6.45) is -3.19. The molecule has 1 aliphatic rings. The standard InChI is InChI=1S/C27H36F3N3O2/c1-18(2)15-24(31)23-17-21(27(28,29)30)7-10-25(23)32-11-13-33(14-12-32)26(34)19(3)16-20-5-8-22(35-4)9-6-20/h5-10,17-19,24H,11-16,31H2,1-4H3/t19?,24-/m0/s1. The average Bonchev–Trinajstić information content (AvgIpc) is 2.82. The van der Waals surface area contributed by atoms with Gasteiger partial charge in [-0.25, -0.2) is 0 Å². The number of nitrogens with zero attached hydrogens (tertiary/aromatic N) is 2. The third-order valence-corrected chi connectivity index (χ3v) is 6.53. The third kappa shape index (κ3) is 6.90. The normalized spacial score (nSPS) is 16.4. The van der Waals surface area contributed by atoms with Crippen LogP contribution in [-0.2, 0) is 17.4 Å². The van der Waals surface area contributed by atoms with Gasteiger partial charge in [0, 0.05) is 43.8 Å². The second kappa shape index (κ2) is 11.3. The largest absolute Gasteiger partial charge is 0.497 e. The number of carbonyl (C=O) groups is 1. The molecule has 0 aromatic heterocycles. The predicted octanol–water partition coefficient (Wildman–Crippen LogP) is 5.29. The summed E-state index contributed by atoms with van der Waals surface area (Å²) in [5.41, 5.74) is 7.98. The van der Waals surface area contributed by atoms with Gasteiger partial charge in [-0.1, -0.05) is 32.9 Å². The van der Waals surface area contributed by atoms with Crippen molar-refractivity contribution in [1.29, 1.82) is 0 Å². The van der Waals surface area contributed by atoms with E-state index < -0.39 is 17.8 Å². The van der Waals surface area contributed by atoms with Crippen molar-refractivity contribution in [2.24, 2.45) is 17.6 Å². The minimum absolute atomic E-state index is 0.0876. The van der Waals surface area contributed by atoms with Crippen molar-refractivity contribution in [3.05, 3.63) is 59.2 Å². The molecule has 3 rings (SSSR count). The van der Waals surface area contributed by atoms with Crippen molar-refractivity contribution in [2.45, 2.75) is 45.8 Å². The van der Waals surface area contributed by atoms with Crippen molar-refractivity contribution in [3.8, 4) is 5.75 Å². The van der Waals surface area contributed by atoms with Gasteiger partial charge in [-0.15, -0.1) is 0 Å². The summed E-state index contributed by atoms with van der Waals surface area (Å²) in [4.78, 5) is 17.0. The Bertz CT molecular complexity index is 984. The van der Waals surface area contributed by atoms with E-state index in [0.717, 1.165) is 23.1 Å². The van der Waals surface area contributed by atoms with Crippen LogP contribution in [0, 0.1) is 11.8 Å². The smallest absolute Gasteiger partial charge is 0.416 e. The van der Waals surface area contributed by atoms with Crippen LogP contribution in [0.1, 0.15) is 49.9 Å². The van der Waals surface area contributed by atoms with Crippen LogP contribution in [0.2, 0.25) is 0 Å². The number of hydrogen-bond acceptors (Lipinski definition) is 4. The van der Waals surface area contributed by atoms with Crippen LogP contribution in [-0.4, -0.2) is 44.1 Å². The van der Waals surface area contributed by atoms with Gasteiger partial charge >= 0.3 is 6.18 Å². The molecular formula is C27H36F3N3O2. The number of anilines is 1. The Kier molecular flexibility index (Phi) is 8.70. The number of piperazine rings is 1. The SMILES string of the molecule is COc1ccc(CC(C)C(=O)N2CCN(c3ccc(C(F)(F)F)cc3[C@@H](N)CC(C)C)CC2)cc1. The molecular weight excluding hydrogens is 455 g/mol. The van der Waals surface area contributed by atoms with E-state index in [1.54, 1.807) is 7.11 Å². The van der Waals surface area contributed by atoms with Gasteiger partial charge in [0.05, 0.1) is 12.7 Å². The van der Waals surface area contributed by atoms with E-state index in [4.69, 9.17) is 10.5 Å². The van der Waals surface area contributed by atoms with E-state index in [0.29, 0.717) is 44.6 Å². The third-order valence-electron chi connectivity index (χ3n) is 6.53. The van der Waals surface area contributed by atoms with Gasteiger partial charge in [0.25, 0.3) is 0 Å². The van der Waals surface area contributed by atoms with Crippen molar-refractivity contribution < 1.29 is 22.7 Å². The lowest BCUT2D eigenvalue weighted by Crippen LogP contribution is -2.50. The molecule has 192 valence electrons. The number of rotatable bonds is 8. The highest BCUT2D eigenvalue weighted by Crippen LogP contribution is 2.36. The molecule has 0 bridgehead atoms. The minimum atomic E-state index is -4.42. The fourth-order valence-corrected chi connectivity index (χ4v) is 4.63. The Morgan fingerprint density at radius 1 is 1.03 bits per heavy atom. The molecule has 1 unspecified atom stereocenters. The van der Waals surface area contributed by atoms with E-state index in [9.17, 15) is 18.0 Å². The average molecular weight is 492 g/mol. The quantitative estimate of drug-likeness (QED) is 0.545. The number of alkyl halides is 3. The number of halogens is 3. The van der Waals surface area contributed by atoms with E-state index in [2.05, 4.69) is 0 Å². The minimum Gasteiger partial charge on any atom is -0.497 e. The molecule has 1 aliphatic heterocycles. The van der Waals surface area contributed by atoms with Crippen molar-refractivity contribution in [2.75, 3.05) is 38.2 Å². The lowest BCUT2D eigenvalue weighted by atomic mass is 9.94. The maximum Gasteiger partial charge on any atom is 0.416 e. The monoisotopic (exact) mass is 491 g/mol. The number of methoxy groups -OCH3 is 1. The summed E-state index contributed by atoms with van der Waals surface area (Å²) in [6.45, 7) is 8.08. The molecule has 1 fully saturated rings. The fraction of sp³-hybridized carbons (Fsp3) is 0.519. The second-order valence-corrected chi connectivity index (χ2v) is 9.77. The first-order chi connectivity index (χ1) is 16.5. The van der Waals surface area contributed by atoms with Crippen molar-refractivity contribution in [1.82, 2.24) is 4.90 Å². The van der Waals surface area contributed by atoms with Crippen molar-refractivity contribution in [3.63, 3.8) is 0 Å². The molecule has 0 saturated carbocycles. The van der Waals surface area contributed by atoms with Gasteiger partial charge in [0.2, 0.25) is 5.91 Å². The Labute approximate surface area is 206 Å². The lowest BCUT2D eigenvalue weighted by Gasteiger charge is -2.38. The Hall–Kier alpha value is -2.74. The first-order valence-corrected chi connectivity index (χ1v) is 12.1. The fourth-order valence-electron chi connectivity index (χ4n) is 4.63. The number of ether oxygens (including phenoxy) is 1. The zero-order valence-electron chi connectivity index (χ0n) is 20.9. The number of benzene rings is 2. The van der Waals surface area contributed by atoms with Crippen molar-refractivity contribution >= 4 is 11.6 Å². The highest BCUT2D eigenvalue weighted by Gasteiger charge is 2.33. The summed E-state index contributed by atoms with van der Waals surface area (Å²) in [5.74, 6) is 0.953. The van der Waals surface area contributed by atoms with Crippen LogP contribution in [0.15, 0.2) is 42.5 Å². The van der Waals surface area contributed by atoms with E-state index in [1.807, 2.05) is 54.8 Å². The second-order valence-electron chi connectivity index (χ2n) is 9.77.